The molecular weight excluding hydrogens is 1890 g/mol. The lowest BCUT2D eigenvalue weighted by molar-refractivity contribution is -0.276. The minimum absolute atomic E-state index is 0.186. The summed E-state index contributed by atoms with van der Waals surface area (Å²) in [6.07, 6.45) is -0.997. The predicted octanol–water partition coefficient (Wildman–Crippen LogP) is 24.9. The van der Waals surface area contributed by atoms with Crippen LogP contribution in [0.2, 0.25) is 0 Å². The smallest absolute Gasteiger partial charge is 0.497 e. The van der Waals surface area contributed by atoms with Crippen molar-refractivity contribution < 1.29 is 128 Å². The van der Waals surface area contributed by atoms with E-state index in [0.29, 0.717) is 77.3 Å². The third-order valence-corrected chi connectivity index (χ3v) is 30.2. The molecule has 0 saturated carbocycles. The first-order valence-electron chi connectivity index (χ1n) is 44.5. The third-order valence-electron chi connectivity index (χ3n) is 15.0. The lowest BCUT2D eigenvalue weighted by atomic mass is 10.3. The van der Waals surface area contributed by atoms with E-state index < -0.39 is 135 Å². The molecule has 0 aliphatic heterocycles. The topological polar surface area (TPSA) is 334 Å². The maximum atomic E-state index is 12.1. The van der Waals surface area contributed by atoms with Gasteiger partial charge in [0.25, 0.3) is 0 Å². The van der Waals surface area contributed by atoms with Gasteiger partial charge in [-0.05, 0) is 206 Å². The average molecular weight is 2050 g/mol. The monoisotopic (exact) mass is 2050 g/mol. The molecule has 7 rings (SSSR count). The van der Waals surface area contributed by atoms with E-state index in [1.54, 1.807) is 200 Å². The van der Waals surface area contributed by atoms with Crippen LogP contribution in [0.4, 0.5) is 32.0 Å². The van der Waals surface area contributed by atoms with Crippen LogP contribution in [0.25, 0.3) is 0 Å². The van der Waals surface area contributed by atoms with Gasteiger partial charge in [0, 0.05) is 33.6 Å². The van der Waals surface area contributed by atoms with E-state index in [2.05, 4.69) is 112 Å². The summed E-state index contributed by atoms with van der Waals surface area (Å²) in [5.41, 5.74) is 0.795. The SMILES string of the molecule is CC(C)S(=O)(=O)c1cccc(OC(F)(F)F)c1.CC(C)S(=O)(=O)c1ccccc1OC(F)(F)F.CCC.CCC.CCC.CCC.CCC.CCC.CCC.COCCNc1cccc(S(=O)(=O)C(C)C)c1.COCCOc1cccc(S(=O)(=O)C(C)C)c1.COCCOc1ccccc1S(=O)(=O)C(C)C.COc1cccc(S(=O)(=O)C(C)C)c1.COc1ccccc1S(=O)(=O)C(C)C. The molecule has 0 aliphatic rings. The van der Waals surface area contributed by atoms with E-state index in [-0.39, 0.29) is 14.7 Å². The molecule has 1 N–H and O–H groups in total. The van der Waals surface area contributed by atoms with E-state index in [4.69, 9.17) is 33.2 Å². The molecule has 0 unspecified atom stereocenters. The molecule has 0 aromatic heterocycles. The number of sulfone groups is 7. The van der Waals surface area contributed by atoms with Gasteiger partial charge in [-0.25, -0.2) is 58.9 Å². The van der Waals surface area contributed by atoms with E-state index in [1.807, 2.05) is 6.07 Å². The van der Waals surface area contributed by atoms with Crippen molar-refractivity contribution in [2.24, 2.45) is 0 Å². The number of hydrogen-bond donors (Lipinski definition) is 1. The zero-order chi connectivity index (χ0) is 106. The Kier molecular flexibility index (Phi) is 78.3. The lowest BCUT2D eigenvalue weighted by Gasteiger charge is -2.14. The normalized spacial score (nSPS) is 11.1. The Balaban J connectivity index is -0.000000271. The van der Waals surface area contributed by atoms with Crippen LogP contribution in [0, 0.1) is 0 Å². The molecule has 0 atom stereocenters. The molecule has 0 aliphatic carbocycles. The predicted molar refractivity (Wildman–Crippen MR) is 535 cm³/mol. The number of para-hydroxylation sites is 3. The molecule has 776 valence electrons. The number of ether oxygens (including phenoxy) is 9. The quantitative estimate of drug-likeness (QED) is 0.0323. The molecule has 0 saturated heterocycles. The van der Waals surface area contributed by atoms with Gasteiger partial charge in [0.15, 0.2) is 68.9 Å². The molecule has 0 spiro atoms. The molecule has 0 fully saturated rings. The molecule has 0 heterocycles. The number of methoxy groups -OCH3 is 5. The summed E-state index contributed by atoms with van der Waals surface area (Å²) in [5.74, 6) is 0.655. The standard InChI is InChI=1S/C12H19NO3S.2C12H18O4S.2C10H11F3O3S.2C10H14O3S.7C3H8/c1-10(2)17(14,15)12-6-4-5-11(9-12)13-7-8-16-3;1-10(2)17(13,14)12-6-4-5-11(9-12)16-8-7-15-3;1-10(2)17(13,14)12-7-5-4-6-11(12)16-9-8-15-3;1-7(2)17(14,15)9-5-3-4-8(6-9)16-10(11,12)13;1-7(2)17(14,15)9-6-4-3-5-8(9)16-10(11,12)13;1-8(2)14(11,12)10-6-4-5-9(7-10)13-3;1-8(2)14(11,12)10-7-5-4-6-9(10)13-3;7*1-3-2/h4-6,9-10,13H,7-8H2,1-3H3;4-6,9-10H,7-8H2,1-3H3;4-7,10H,8-9H2,1-3H3;2*3-7H,1-2H3;2*4-8H,1-3H3;7*3H2,1-2H3. The highest BCUT2D eigenvalue weighted by Crippen LogP contribution is 2.34. The van der Waals surface area contributed by atoms with Gasteiger partial charge < -0.3 is 47.9 Å². The number of halogens is 6. The number of hydrogen-bond acceptors (Lipinski definition) is 24. The fourth-order valence-corrected chi connectivity index (χ4v) is 16.3. The van der Waals surface area contributed by atoms with Crippen molar-refractivity contribution in [2.75, 3.05) is 80.4 Å². The van der Waals surface area contributed by atoms with Crippen molar-refractivity contribution in [3.63, 3.8) is 0 Å². The molecule has 37 heteroatoms. The second kappa shape index (κ2) is 75.3. The maximum absolute atomic E-state index is 12.1. The summed E-state index contributed by atoms with van der Waals surface area (Å²) in [6, 6.07) is 42.3. The second-order valence-electron chi connectivity index (χ2n) is 30.5. The highest BCUT2D eigenvalue weighted by Gasteiger charge is 2.36. The minimum Gasteiger partial charge on any atom is -0.497 e. The Morgan fingerprint density at radius 3 is 0.821 bits per heavy atom. The molecule has 134 heavy (non-hydrogen) atoms. The summed E-state index contributed by atoms with van der Waals surface area (Å²) >= 11 is 0. The number of benzene rings is 7. The van der Waals surface area contributed by atoms with Gasteiger partial charge >= 0.3 is 12.7 Å². The van der Waals surface area contributed by atoms with Crippen LogP contribution in [0.5, 0.6) is 34.5 Å². The Labute approximate surface area is 804 Å². The van der Waals surface area contributed by atoms with Crippen molar-refractivity contribution in [1.82, 2.24) is 0 Å². The van der Waals surface area contributed by atoms with Crippen molar-refractivity contribution >= 4 is 74.5 Å². The Bertz CT molecular complexity index is 4930. The molecular formula is C97H161F6NO23S7. The van der Waals surface area contributed by atoms with E-state index in [9.17, 15) is 85.3 Å². The minimum atomic E-state index is -4.91. The lowest BCUT2D eigenvalue weighted by Crippen LogP contribution is -2.21. The zero-order valence-electron chi connectivity index (χ0n) is 85.4. The molecule has 7 aromatic rings. The van der Waals surface area contributed by atoms with Crippen molar-refractivity contribution in [2.45, 2.75) is 323 Å². The first kappa shape index (κ1) is 139. The number of alkyl halides is 6. The molecule has 0 amide bonds. The fourth-order valence-electron chi connectivity index (χ4n) is 8.33. The van der Waals surface area contributed by atoms with E-state index in [0.717, 1.165) is 30.0 Å². The molecule has 0 bridgehead atoms. The third kappa shape index (κ3) is 59.4. The van der Waals surface area contributed by atoms with Crippen molar-refractivity contribution in [3.05, 3.63) is 170 Å². The summed E-state index contributed by atoms with van der Waals surface area (Å²) in [4.78, 5) is 0.828. The summed E-state index contributed by atoms with van der Waals surface area (Å²) in [7, 11) is -15.8. The van der Waals surface area contributed by atoms with Crippen LogP contribution in [0.1, 0.15) is 239 Å². The molecule has 7 aromatic carbocycles. The van der Waals surface area contributed by atoms with Crippen molar-refractivity contribution in [1.29, 1.82) is 0 Å². The van der Waals surface area contributed by atoms with Crippen LogP contribution in [-0.4, -0.2) is 184 Å². The summed E-state index contributed by atoms with van der Waals surface area (Å²) < 4.78 is 281. The van der Waals surface area contributed by atoms with Crippen LogP contribution in [0.3, 0.4) is 0 Å². The van der Waals surface area contributed by atoms with Crippen LogP contribution >= 0.6 is 0 Å². The number of nitrogens with one attached hydrogen (secondary N) is 1. The Hall–Kier alpha value is -7.75. The van der Waals surface area contributed by atoms with Gasteiger partial charge in [0.05, 0.1) is 90.4 Å². The first-order chi connectivity index (χ1) is 62.1. The Morgan fingerprint density at radius 1 is 0.261 bits per heavy atom. The number of anilines is 1. The molecule has 0 radical (unpaired) electrons. The van der Waals surface area contributed by atoms with Gasteiger partial charge in [0.1, 0.15) is 62.4 Å². The highest BCUT2D eigenvalue weighted by atomic mass is 32.2. The second-order valence-corrected chi connectivity index (χ2v) is 47.9. The largest absolute Gasteiger partial charge is 0.573 e. The van der Waals surface area contributed by atoms with Crippen LogP contribution < -0.4 is 33.7 Å². The van der Waals surface area contributed by atoms with Gasteiger partial charge in [0.2, 0.25) is 0 Å². The van der Waals surface area contributed by atoms with Gasteiger partial charge in [-0.3, -0.25) is 0 Å². The average Bonchev–Trinajstić information content (AvgIpc) is 0.804. The van der Waals surface area contributed by atoms with E-state index >= 15 is 0 Å². The molecule has 24 nitrogen and oxygen atoms in total. The van der Waals surface area contributed by atoms with Gasteiger partial charge in [-0.2, -0.15) is 0 Å². The van der Waals surface area contributed by atoms with E-state index in [1.165, 1.54) is 117 Å². The fraction of sp³-hybridized carbons (Fsp3) is 0.567. The zero-order valence-corrected chi connectivity index (χ0v) is 91.1. The van der Waals surface area contributed by atoms with Gasteiger partial charge in [-0.15, -0.1) is 26.3 Å². The van der Waals surface area contributed by atoms with Crippen LogP contribution in [-0.2, 0) is 83.1 Å². The maximum Gasteiger partial charge on any atom is 0.573 e. The summed E-state index contributed by atoms with van der Waals surface area (Å²) in [5, 5.41) is -0.559. The summed E-state index contributed by atoms with van der Waals surface area (Å²) in [6.45, 7) is 54.9. The van der Waals surface area contributed by atoms with Crippen molar-refractivity contribution in [3.8, 4) is 34.5 Å². The first-order valence-corrected chi connectivity index (χ1v) is 55.3. The Morgan fingerprint density at radius 2 is 0.515 bits per heavy atom. The highest BCUT2D eigenvalue weighted by molar-refractivity contribution is 7.93. The van der Waals surface area contributed by atoms with Crippen LogP contribution in [0.15, 0.2) is 204 Å². The van der Waals surface area contributed by atoms with Gasteiger partial charge in [-0.1, -0.05) is 203 Å². The number of rotatable bonds is 30.